The summed E-state index contributed by atoms with van der Waals surface area (Å²) in [6.07, 6.45) is 2.12. The van der Waals surface area contributed by atoms with Crippen LogP contribution in [0, 0.1) is 5.92 Å². The summed E-state index contributed by atoms with van der Waals surface area (Å²) in [6, 6.07) is 7.02. The molecular weight excluding hydrogens is 352 g/mol. The molecule has 1 saturated heterocycles. The van der Waals surface area contributed by atoms with E-state index in [2.05, 4.69) is 5.32 Å². The lowest BCUT2D eigenvalue weighted by molar-refractivity contribution is -0.136. The molecule has 5 nitrogen and oxygen atoms in total. The van der Waals surface area contributed by atoms with Crippen LogP contribution in [0.5, 0.6) is 5.75 Å². The molecule has 1 N–H and O–H groups in total. The SMILES string of the molecule is CC(C)CC(=O)N1CCC(NC(=O)C(C)(C)Oc2ccc(Cl)cc2)CC1. The van der Waals surface area contributed by atoms with E-state index in [0.717, 1.165) is 12.8 Å². The van der Waals surface area contributed by atoms with E-state index in [1.165, 1.54) is 0 Å². The molecule has 0 spiro atoms. The van der Waals surface area contributed by atoms with Crippen LogP contribution in [0.1, 0.15) is 47.0 Å². The fourth-order valence-electron chi connectivity index (χ4n) is 2.95. The second kappa shape index (κ2) is 8.76. The zero-order chi connectivity index (χ0) is 19.3. The molecule has 1 aliphatic heterocycles. The van der Waals surface area contributed by atoms with Crippen LogP contribution in [0.2, 0.25) is 5.02 Å². The van der Waals surface area contributed by atoms with E-state index in [1.54, 1.807) is 38.1 Å². The van der Waals surface area contributed by atoms with Gasteiger partial charge in [0.1, 0.15) is 5.75 Å². The van der Waals surface area contributed by atoms with E-state index in [-0.39, 0.29) is 17.9 Å². The molecule has 0 aromatic heterocycles. The van der Waals surface area contributed by atoms with Crippen molar-refractivity contribution in [2.75, 3.05) is 13.1 Å². The van der Waals surface area contributed by atoms with Gasteiger partial charge in [0.05, 0.1) is 0 Å². The highest BCUT2D eigenvalue weighted by Crippen LogP contribution is 2.22. The minimum atomic E-state index is -0.988. The van der Waals surface area contributed by atoms with Crippen molar-refractivity contribution in [3.63, 3.8) is 0 Å². The molecule has 1 fully saturated rings. The van der Waals surface area contributed by atoms with Gasteiger partial charge in [-0.05, 0) is 56.9 Å². The van der Waals surface area contributed by atoms with Crippen molar-refractivity contribution < 1.29 is 14.3 Å². The number of carbonyl (C=O) groups excluding carboxylic acids is 2. The van der Waals surface area contributed by atoms with E-state index >= 15 is 0 Å². The van der Waals surface area contributed by atoms with E-state index < -0.39 is 5.60 Å². The fraction of sp³-hybridized carbons (Fsp3) is 0.600. The third kappa shape index (κ3) is 5.90. The first-order valence-corrected chi connectivity index (χ1v) is 9.58. The minimum absolute atomic E-state index is 0.0682. The van der Waals surface area contributed by atoms with Gasteiger partial charge in [0.25, 0.3) is 5.91 Å². The second-order valence-electron chi connectivity index (χ2n) is 7.79. The molecule has 1 aromatic carbocycles. The third-order valence-electron chi connectivity index (χ3n) is 4.50. The van der Waals surface area contributed by atoms with E-state index in [4.69, 9.17) is 16.3 Å². The lowest BCUT2D eigenvalue weighted by atomic mass is 10.0. The Labute approximate surface area is 161 Å². The van der Waals surface area contributed by atoms with Crippen molar-refractivity contribution in [3.8, 4) is 5.75 Å². The summed E-state index contributed by atoms with van der Waals surface area (Å²) in [5.74, 6) is 1.02. The molecule has 2 amide bonds. The van der Waals surface area contributed by atoms with Gasteiger partial charge in [0.15, 0.2) is 5.60 Å². The summed E-state index contributed by atoms with van der Waals surface area (Å²) in [6.45, 7) is 8.97. The van der Waals surface area contributed by atoms with Crippen molar-refractivity contribution in [3.05, 3.63) is 29.3 Å². The Balaban J connectivity index is 1.83. The highest BCUT2D eigenvalue weighted by atomic mass is 35.5. The maximum Gasteiger partial charge on any atom is 0.263 e. The number of carbonyl (C=O) groups is 2. The van der Waals surface area contributed by atoms with Crippen molar-refractivity contribution in [1.82, 2.24) is 10.2 Å². The van der Waals surface area contributed by atoms with Gasteiger partial charge in [-0.15, -0.1) is 0 Å². The maximum absolute atomic E-state index is 12.6. The predicted octanol–water partition coefficient (Wildman–Crippen LogP) is 3.65. The smallest absolute Gasteiger partial charge is 0.263 e. The average Bonchev–Trinajstić information content (AvgIpc) is 2.56. The molecule has 26 heavy (non-hydrogen) atoms. The molecular formula is C20H29ClN2O3. The van der Waals surface area contributed by atoms with Crippen molar-refractivity contribution in [1.29, 1.82) is 0 Å². The number of hydrogen-bond donors (Lipinski definition) is 1. The molecule has 0 radical (unpaired) electrons. The molecule has 1 aliphatic rings. The first-order valence-electron chi connectivity index (χ1n) is 9.20. The number of hydrogen-bond acceptors (Lipinski definition) is 3. The molecule has 0 saturated carbocycles. The molecule has 0 bridgehead atoms. The van der Waals surface area contributed by atoms with Crippen LogP contribution >= 0.6 is 11.6 Å². The van der Waals surface area contributed by atoms with E-state index in [0.29, 0.717) is 36.2 Å². The Morgan fingerprint density at radius 1 is 1.23 bits per heavy atom. The number of nitrogens with zero attached hydrogens (tertiary/aromatic N) is 1. The summed E-state index contributed by atoms with van der Waals surface area (Å²) in [7, 11) is 0. The molecule has 0 unspecified atom stereocenters. The lowest BCUT2D eigenvalue weighted by Gasteiger charge is -2.34. The van der Waals surface area contributed by atoms with Gasteiger partial charge >= 0.3 is 0 Å². The Kier molecular flexibility index (Phi) is 6.93. The van der Waals surface area contributed by atoms with Crippen LogP contribution in [0.3, 0.4) is 0 Å². The summed E-state index contributed by atoms with van der Waals surface area (Å²) in [5, 5.41) is 3.69. The fourth-order valence-corrected chi connectivity index (χ4v) is 3.08. The average molecular weight is 381 g/mol. The quantitative estimate of drug-likeness (QED) is 0.819. The van der Waals surface area contributed by atoms with E-state index in [9.17, 15) is 9.59 Å². The summed E-state index contributed by atoms with van der Waals surface area (Å²) in [4.78, 5) is 26.7. The third-order valence-corrected chi connectivity index (χ3v) is 4.75. The largest absolute Gasteiger partial charge is 0.478 e. The lowest BCUT2D eigenvalue weighted by Crippen LogP contribution is -2.53. The number of piperidine rings is 1. The Morgan fingerprint density at radius 3 is 2.35 bits per heavy atom. The first kappa shape index (κ1) is 20.6. The first-order chi connectivity index (χ1) is 12.2. The normalized spacial score (nSPS) is 15.8. The van der Waals surface area contributed by atoms with Crippen LogP contribution in [0.25, 0.3) is 0 Å². The van der Waals surface area contributed by atoms with Gasteiger partial charge in [0.2, 0.25) is 5.91 Å². The zero-order valence-corrected chi connectivity index (χ0v) is 16.8. The van der Waals surface area contributed by atoms with Crippen LogP contribution in [0.4, 0.5) is 0 Å². The van der Waals surface area contributed by atoms with Gasteiger partial charge in [-0.1, -0.05) is 25.4 Å². The predicted molar refractivity (Wildman–Crippen MR) is 103 cm³/mol. The molecule has 2 rings (SSSR count). The van der Waals surface area contributed by atoms with Gasteiger partial charge in [-0.2, -0.15) is 0 Å². The summed E-state index contributed by atoms with van der Waals surface area (Å²) >= 11 is 5.87. The number of ether oxygens (including phenoxy) is 1. The monoisotopic (exact) mass is 380 g/mol. The van der Waals surface area contributed by atoms with Crippen molar-refractivity contribution in [2.45, 2.75) is 58.6 Å². The highest BCUT2D eigenvalue weighted by molar-refractivity contribution is 6.30. The van der Waals surface area contributed by atoms with Crippen molar-refractivity contribution in [2.24, 2.45) is 5.92 Å². The minimum Gasteiger partial charge on any atom is -0.478 e. The highest BCUT2D eigenvalue weighted by Gasteiger charge is 2.33. The Bertz CT molecular complexity index is 620. The number of nitrogens with one attached hydrogen (secondary N) is 1. The van der Waals surface area contributed by atoms with Gasteiger partial charge in [0, 0.05) is 30.6 Å². The van der Waals surface area contributed by atoms with E-state index in [1.807, 2.05) is 18.7 Å². The van der Waals surface area contributed by atoms with Crippen molar-refractivity contribution >= 4 is 23.4 Å². The zero-order valence-electron chi connectivity index (χ0n) is 16.0. The second-order valence-corrected chi connectivity index (χ2v) is 8.23. The summed E-state index contributed by atoms with van der Waals surface area (Å²) < 4.78 is 5.83. The molecule has 144 valence electrons. The number of halogens is 1. The van der Waals surface area contributed by atoms with Crippen LogP contribution < -0.4 is 10.1 Å². The van der Waals surface area contributed by atoms with Gasteiger partial charge < -0.3 is 15.0 Å². The Hall–Kier alpha value is -1.75. The number of benzene rings is 1. The molecule has 1 heterocycles. The van der Waals surface area contributed by atoms with Gasteiger partial charge in [-0.25, -0.2) is 0 Å². The molecule has 6 heteroatoms. The summed E-state index contributed by atoms with van der Waals surface area (Å²) in [5.41, 5.74) is -0.988. The standard InChI is InChI=1S/C20H29ClN2O3/c1-14(2)13-18(24)23-11-9-16(10-12-23)22-19(25)20(3,4)26-17-7-5-15(21)6-8-17/h5-8,14,16H,9-13H2,1-4H3,(H,22,25). The maximum atomic E-state index is 12.6. The molecule has 0 aliphatic carbocycles. The van der Waals surface area contributed by atoms with Crippen LogP contribution in [0.15, 0.2) is 24.3 Å². The molecule has 0 atom stereocenters. The Morgan fingerprint density at radius 2 is 1.81 bits per heavy atom. The number of likely N-dealkylation sites (tertiary alicyclic amines) is 1. The van der Waals surface area contributed by atoms with Gasteiger partial charge in [-0.3, -0.25) is 9.59 Å². The number of amides is 2. The van der Waals surface area contributed by atoms with Crippen LogP contribution in [-0.4, -0.2) is 41.4 Å². The molecule has 1 aromatic rings. The number of rotatable bonds is 6. The topological polar surface area (TPSA) is 58.6 Å². The van der Waals surface area contributed by atoms with Crippen LogP contribution in [-0.2, 0) is 9.59 Å².